The molecular formula is C13H10Cl2OS. The van der Waals surface area contributed by atoms with Crippen molar-refractivity contribution in [3.05, 3.63) is 55.7 Å². The second-order valence-corrected chi connectivity index (χ2v) is 6.52. The van der Waals surface area contributed by atoms with Crippen LogP contribution in [0.15, 0.2) is 30.3 Å². The van der Waals surface area contributed by atoms with Crippen LogP contribution < -0.4 is 0 Å². The third-order valence-electron chi connectivity index (χ3n) is 3.28. The van der Waals surface area contributed by atoms with Crippen LogP contribution in [0.4, 0.5) is 0 Å². The number of benzene rings is 1. The molecule has 88 valence electrons. The van der Waals surface area contributed by atoms with Gasteiger partial charge in [-0.2, -0.15) is 0 Å². The van der Waals surface area contributed by atoms with E-state index in [9.17, 15) is 5.11 Å². The Morgan fingerprint density at radius 1 is 1.29 bits per heavy atom. The standard InChI is InChI=1S/C13H10Cl2OS/c14-11-6-10(13(15)17-11)12(16)9-5-7-3-1-2-4-8(7)9/h1-4,6,9,12,16H,5H2. The third-order valence-corrected chi connectivity index (χ3v) is 4.80. The molecule has 0 bridgehead atoms. The predicted molar refractivity (Wildman–Crippen MR) is 72.2 cm³/mol. The lowest BCUT2D eigenvalue weighted by molar-refractivity contribution is 0.135. The van der Waals surface area contributed by atoms with E-state index in [1.165, 1.54) is 22.5 Å². The summed E-state index contributed by atoms with van der Waals surface area (Å²) in [6, 6.07) is 9.95. The first-order valence-corrected chi connectivity index (χ1v) is 6.94. The van der Waals surface area contributed by atoms with Crippen molar-refractivity contribution in [1.29, 1.82) is 0 Å². The number of aliphatic hydroxyl groups excluding tert-OH is 1. The van der Waals surface area contributed by atoms with E-state index in [-0.39, 0.29) is 5.92 Å². The maximum Gasteiger partial charge on any atom is 0.100 e. The number of hydrogen-bond donors (Lipinski definition) is 1. The molecule has 0 aliphatic heterocycles. The Balaban J connectivity index is 1.91. The average Bonchev–Trinajstić information content (AvgIpc) is 2.59. The van der Waals surface area contributed by atoms with Crippen LogP contribution >= 0.6 is 34.5 Å². The van der Waals surface area contributed by atoms with Gasteiger partial charge in [-0.25, -0.2) is 0 Å². The van der Waals surface area contributed by atoms with Crippen LogP contribution in [0.5, 0.6) is 0 Å². The summed E-state index contributed by atoms with van der Waals surface area (Å²) in [6.07, 6.45) is 0.349. The Morgan fingerprint density at radius 3 is 2.71 bits per heavy atom. The lowest BCUT2D eigenvalue weighted by Gasteiger charge is -2.33. The molecule has 1 aromatic heterocycles. The van der Waals surface area contributed by atoms with Crippen LogP contribution in [-0.2, 0) is 6.42 Å². The van der Waals surface area contributed by atoms with Crippen molar-refractivity contribution in [2.24, 2.45) is 0 Å². The Kier molecular flexibility index (Phi) is 2.91. The summed E-state index contributed by atoms with van der Waals surface area (Å²) < 4.78 is 1.21. The largest absolute Gasteiger partial charge is 0.388 e. The van der Waals surface area contributed by atoms with Gasteiger partial charge in [0.05, 0.1) is 10.4 Å². The highest BCUT2D eigenvalue weighted by Gasteiger charge is 2.34. The molecule has 1 heterocycles. The van der Waals surface area contributed by atoms with Crippen molar-refractivity contribution >= 4 is 34.5 Å². The molecule has 0 amide bonds. The van der Waals surface area contributed by atoms with Gasteiger partial charge in [0.15, 0.2) is 0 Å². The Hall–Kier alpha value is -0.540. The summed E-state index contributed by atoms with van der Waals surface area (Å²) in [5.74, 6) is 0.148. The second-order valence-electron chi connectivity index (χ2n) is 4.23. The summed E-state index contributed by atoms with van der Waals surface area (Å²) in [7, 11) is 0. The topological polar surface area (TPSA) is 20.2 Å². The van der Waals surface area contributed by atoms with Gasteiger partial charge in [-0.05, 0) is 23.6 Å². The minimum Gasteiger partial charge on any atom is -0.388 e. The molecule has 2 atom stereocenters. The van der Waals surface area contributed by atoms with Gasteiger partial charge in [-0.1, -0.05) is 47.5 Å². The second kappa shape index (κ2) is 4.29. The molecule has 0 fully saturated rings. The van der Waals surface area contributed by atoms with Crippen molar-refractivity contribution in [1.82, 2.24) is 0 Å². The summed E-state index contributed by atoms with van der Waals surface area (Å²) in [5.41, 5.74) is 3.29. The first-order valence-electron chi connectivity index (χ1n) is 5.37. The van der Waals surface area contributed by atoms with Gasteiger partial charge in [0.25, 0.3) is 0 Å². The van der Waals surface area contributed by atoms with Crippen LogP contribution in [0.3, 0.4) is 0 Å². The first-order chi connectivity index (χ1) is 8.16. The monoisotopic (exact) mass is 284 g/mol. The quantitative estimate of drug-likeness (QED) is 0.865. The molecular weight excluding hydrogens is 275 g/mol. The van der Waals surface area contributed by atoms with Gasteiger partial charge >= 0.3 is 0 Å². The normalized spacial score (nSPS) is 19.6. The highest BCUT2D eigenvalue weighted by atomic mass is 35.5. The Labute approximate surface area is 114 Å². The van der Waals surface area contributed by atoms with E-state index < -0.39 is 6.10 Å². The zero-order valence-corrected chi connectivity index (χ0v) is 11.2. The average molecular weight is 285 g/mol. The number of hydrogen-bond acceptors (Lipinski definition) is 2. The van der Waals surface area contributed by atoms with Crippen LogP contribution in [-0.4, -0.2) is 5.11 Å². The van der Waals surface area contributed by atoms with Gasteiger partial charge in [-0.15, -0.1) is 11.3 Å². The fraction of sp³-hybridized carbons (Fsp3) is 0.231. The number of rotatable bonds is 2. The van der Waals surface area contributed by atoms with Crippen LogP contribution in [0.2, 0.25) is 8.67 Å². The van der Waals surface area contributed by atoms with E-state index >= 15 is 0 Å². The number of halogens is 2. The number of aliphatic hydroxyl groups is 1. The minimum absolute atomic E-state index is 0.148. The fourth-order valence-corrected chi connectivity index (χ4v) is 3.89. The zero-order valence-electron chi connectivity index (χ0n) is 8.86. The minimum atomic E-state index is -0.554. The zero-order chi connectivity index (χ0) is 12.0. The Bertz CT molecular complexity index is 564. The van der Waals surface area contributed by atoms with Gasteiger partial charge < -0.3 is 5.11 Å². The highest BCUT2D eigenvalue weighted by molar-refractivity contribution is 7.20. The molecule has 2 aromatic rings. The molecule has 3 rings (SSSR count). The van der Waals surface area contributed by atoms with Gasteiger partial charge in [0.1, 0.15) is 4.34 Å². The molecule has 1 aromatic carbocycles. The third kappa shape index (κ3) is 1.89. The van der Waals surface area contributed by atoms with E-state index in [2.05, 4.69) is 12.1 Å². The molecule has 0 saturated carbocycles. The van der Waals surface area contributed by atoms with Crippen molar-refractivity contribution in [3.63, 3.8) is 0 Å². The van der Waals surface area contributed by atoms with Crippen LogP contribution in [0.1, 0.15) is 28.7 Å². The van der Waals surface area contributed by atoms with Crippen molar-refractivity contribution in [2.75, 3.05) is 0 Å². The smallest absolute Gasteiger partial charge is 0.100 e. The van der Waals surface area contributed by atoms with Crippen molar-refractivity contribution in [2.45, 2.75) is 18.4 Å². The van der Waals surface area contributed by atoms with Crippen LogP contribution in [0, 0.1) is 0 Å². The van der Waals surface area contributed by atoms with Gasteiger partial charge in [0, 0.05) is 11.5 Å². The van der Waals surface area contributed by atoms with Crippen LogP contribution in [0.25, 0.3) is 0 Å². The highest BCUT2D eigenvalue weighted by Crippen LogP contribution is 2.47. The van der Waals surface area contributed by atoms with E-state index in [0.29, 0.717) is 8.67 Å². The Morgan fingerprint density at radius 2 is 2.06 bits per heavy atom. The molecule has 1 aliphatic carbocycles. The van der Waals surface area contributed by atoms with E-state index in [4.69, 9.17) is 23.2 Å². The van der Waals surface area contributed by atoms with Gasteiger partial charge in [-0.3, -0.25) is 0 Å². The number of thiophene rings is 1. The van der Waals surface area contributed by atoms with E-state index in [0.717, 1.165) is 12.0 Å². The maximum atomic E-state index is 10.3. The first kappa shape index (κ1) is 11.5. The molecule has 1 N–H and O–H groups in total. The SMILES string of the molecule is OC(c1cc(Cl)sc1Cl)C1Cc2ccccc21. The summed E-state index contributed by atoms with van der Waals surface area (Å²) in [5, 5.41) is 10.3. The molecule has 0 saturated heterocycles. The molecule has 0 radical (unpaired) electrons. The van der Waals surface area contributed by atoms with E-state index in [1.807, 2.05) is 12.1 Å². The van der Waals surface area contributed by atoms with Crippen molar-refractivity contribution < 1.29 is 5.11 Å². The van der Waals surface area contributed by atoms with E-state index in [1.54, 1.807) is 6.07 Å². The molecule has 2 unspecified atom stereocenters. The van der Waals surface area contributed by atoms with Gasteiger partial charge in [0.2, 0.25) is 0 Å². The number of fused-ring (bicyclic) bond motifs is 1. The molecule has 1 aliphatic rings. The summed E-state index contributed by atoms with van der Waals surface area (Å²) >= 11 is 13.3. The lowest BCUT2D eigenvalue weighted by Crippen LogP contribution is -2.23. The molecule has 0 spiro atoms. The summed E-state index contributed by atoms with van der Waals surface area (Å²) in [6.45, 7) is 0. The molecule has 17 heavy (non-hydrogen) atoms. The predicted octanol–water partition coefficient (Wildman–Crippen LogP) is 4.43. The maximum absolute atomic E-state index is 10.3. The fourth-order valence-electron chi connectivity index (χ4n) is 2.35. The lowest BCUT2D eigenvalue weighted by atomic mass is 9.73. The molecule has 4 heteroatoms. The summed E-state index contributed by atoms with van der Waals surface area (Å²) in [4.78, 5) is 0. The van der Waals surface area contributed by atoms with Crippen molar-refractivity contribution in [3.8, 4) is 0 Å². The molecule has 1 nitrogen and oxygen atoms in total.